The number of hydrogen-bond donors (Lipinski definition) is 9. The number of fused-ring (bicyclic) bond motifs is 1. The molecule has 0 aliphatic heterocycles. The van der Waals surface area contributed by atoms with Crippen molar-refractivity contribution in [3.63, 3.8) is 0 Å². The molecule has 2 rings (SSSR count). The Morgan fingerprint density at radius 2 is 1.27 bits per heavy atom. The standard InChI is InChI=1S/C33H55N11O4/c1-2-3-4-5-6-7-8-17-28(45)42-27(20-22-21-41-24-14-10-9-13-23(22)24)31(48)44-26(16-12-19-40-33(37)38)30(47)43-25(29(34)46)15-11-18-39-32(35)36/h9-10,13-14,21,25-27,41H,2-8,11-12,15-20H2,1H3,(H2,34,46)(H,42,45)(H,43,47)(H,44,48)(H4,35,36,39)(H4,37,38,40)/t25-,26-,27-/m0/s1. The highest BCUT2D eigenvalue weighted by Crippen LogP contribution is 2.19. The van der Waals surface area contributed by atoms with Crippen LogP contribution in [0.25, 0.3) is 10.9 Å². The van der Waals surface area contributed by atoms with E-state index >= 15 is 0 Å². The van der Waals surface area contributed by atoms with Gasteiger partial charge in [0.25, 0.3) is 0 Å². The van der Waals surface area contributed by atoms with Gasteiger partial charge in [0.15, 0.2) is 11.9 Å². The minimum atomic E-state index is -1.07. The number of carbonyl (C=O) groups excluding carboxylic acids is 4. The molecule has 4 amide bonds. The Morgan fingerprint density at radius 3 is 1.90 bits per heavy atom. The number of amides is 4. The zero-order valence-corrected chi connectivity index (χ0v) is 28.1. The Bertz CT molecular complexity index is 1370. The second-order valence-corrected chi connectivity index (χ2v) is 12.0. The monoisotopic (exact) mass is 669 g/mol. The summed E-state index contributed by atoms with van der Waals surface area (Å²) in [6.45, 7) is 2.63. The number of hydrogen-bond acceptors (Lipinski definition) is 6. The molecule has 48 heavy (non-hydrogen) atoms. The van der Waals surface area contributed by atoms with Crippen molar-refractivity contribution in [2.45, 2.75) is 109 Å². The van der Waals surface area contributed by atoms with E-state index in [9.17, 15) is 19.2 Å². The van der Waals surface area contributed by atoms with Crippen LogP contribution in [0.3, 0.4) is 0 Å². The van der Waals surface area contributed by atoms with Crippen LogP contribution in [0, 0.1) is 0 Å². The van der Waals surface area contributed by atoms with Crippen molar-refractivity contribution in [2.75, 3.05) is 13.1 Å². The van der Waals surface area contributed by atoms with Crippen LogP contribution in [0.1, 0.15) is 89.5 Å². The Kier molecular flexibility index (Phi) is 17.9. The number of guanidine groups is 2. The first-order valence-corrected chi connectivity index (χ1v) is 16.9. The van der Waals surface area contributed by atoms with Crippen LogP contribution in [0.4, 0.5) is 0 Å². The molecule has 14 N–H and O–H groups in total. The first-order valence-electron chi connectivity index (χ1n) is 16.9. The van der Waals surface area contributed by atoms with Crippen molar-refractivity contribution in [1.82, 2.24) is 20.9 Å². The van der Waals surface area contributed by atoms with Crippen molar-refractivity contribution in [2.24, 2.45) is 38.7 Å². The molecule has 266 valence electrons. The smallest absolute Gasteiger partial charge is 0.243 e. The summed E-state index contributed by atoms with van der Waals surface area (Å²) in [4.78, 5) is 63.6. The molecule has 0 aliphatic rings. The SMILES string of the molecule is CCCCCCCCCC(=O)N[C@@H](Cc1c[nH]c2ccccc12)C(=O)N[C@@H](CCCN=C(N)N)C(=O)N[C@@H](CCCN=C(N)N)C(N)=O. The maximum Gasteiger partial charge on any atom is 0.243 e. The van der Waals surface area contributed by atoms with Gasteiger partial charge in [-0.25, -0.2) is 0 Å². The van der Waals surface area contributed by atoms with E-state index in [-0.39, 0.29) is 56.6 Å². The highest BCUT2D eigenvalue weighted by molar-refractivity contribution is 5.94. The van der Waals surface area contributed by atoms with Crippen molar-refractivity contribution >= 4 is 46.5 Å². The molecule has 0 unspecified atom stereocenters. The normalized spacial score (nSPS) is 12.8. The summed E-state index contributed by atoms with van der Waals surface area (Å²) in [5, 5.41) is 9.27. The van der Waals surface area contributed by atoms with Crippen LogP contribution in [0.2, 0.25) is 0 Å². The molecule has 1 aromatic carbocycles. The van der Waals surface area contributed by atoms with E-state index in [2.05, 4.69) is 37.8 Å². The summed E-state index contributed by atoms with van der Waals surface area (Å²) in [5.41, 5.74) is 28.9. The van der Waals surface area contributed by atoms with Gasteiger partial charge in [-0.05, 0) is 43.7 Å². The number of unbranched alkanes of at least 4 members (excludes halogenated alkanes) is 6. The lowest BCUT2D eigenvalue weighted by Crippen LogP contribution is -2.56. The van der Waals surface area contributed by atoms with Crippen LogP contribution >= 0.6 is 0 Å². The van der Waals surface area contributed by atoms with Gasteiger partial charge in [-0.1, -0.05) is 63.6 Å². The lowest BCUT2D eigenvalue weighted by molar-refractivity contribution is -0.133. The van der Waals surface area contributed by atoms with E-state index in [1.54, 1.807) is 0 Å². The molecule has 0 fully saturated rings. The molecule has 0 bridgehead atoms. The number of H-pyrrole nitrogens is 1. The van der Waals surface area contributed by atoms with Gasteiger partial charge in [0.2, 0.25) is 23.6 Å². The largest absolute Gasteiger partial charge is 0.370 e. The third kappa shape index (κ3) is 15.2. The second-order valence-electron chi connectivity index (χ2n) is 12.0. The Morgan fingerprint density at radius 1 is 0.708 bits per heavy atom. The number of nitrogens with one attached hydrogen (secondary N) is 4. The number of nitrogens with zero attached hydrogens (tertiary/aromatic N) is 2. The number of primary amides is 1. The molecule has 0 aliphatic carbocycles. The second kappa shape index (κ2) is 21.9. The van der Waals surface area contributed by atoms with E-state index in [0.717, 1.165) is 35.7 Å². The summed E-state index contributed by atoms with van der Waals surface area (Å²) in [5.74, 6) is -2.33. The van der Waals surface area contributed by atoms with Crippen molar-refractivity contribution in [3.8, 4) is 0 Å². The molecule has 0 radical (unpaired) electrons. The van der Waals surface area contributed by atoms with Crippen LogP contribution in [0.15, 0.2) is 40.4 Å². The highest BCUT2D eigenvalue weighted by atomic mass is 16.2. The topological polar surface area (TPSA) is 275 Å². The molecule has 1 heterocycles. The summed E-state index contributed by atoms with van der Waals surface area (Å²) >= 11 is 0. The molecule has 3 atom stereocenters. The average Bonchev–Trinajstić information content (AvgIpc) is 3.45. The fourth-order valence-electron chi connectivity index (χ4n) is 5.34. The molecule has 0 saturated carbocycles. The quantitative estimate of drug-likeness (QED) is 0.0439. The van der Waals surface area contributed by atoms with Crippen molar-refractivity contribution in [1.29, 1.82) is 0 Å². The van der Waals surface area contributed by atoms with Crippen LogP contribution in [-0.2, 0) is 25.6 Å². The van der Waals surface area contributed by atoms with Crippen LogP contribution in [0.5, 0.6) is 0 Å². The maximum atomic E-state index is 13.9. The lowest BCUT2D eigenvalue weighted by Gasteiger charge is -2.25. The van der Waals surface area contributed by atoms with Crippen molar-refractivity contribution < 1.29 is 19.2 Å². The summed E-state index contributed by atoms with van der Waals surface area (Å²) < 4.78 is 0. The van der Waals surface area contributed by atoms with Gasteiger partial charge in [0.05, 0.1) is 0 Å². The number of aliphatic imine (C=N–C) groups is 2. The van der Waals surface area contributed by atoms with Gasteiger partial charge in [0, 0.05) is 43.0 Å². The number of nitrogens with two attached hydrogens (primary N) is 5. The molecule has 1 aromatic heterocycles. The number of aromatic amines is 1. The van der Waals surface area contributed by atoms with Gasteiger partial charge < -0.3 is 49.6 Å². The van der Waals surface area contributed by atoms with Gasteiger partial charge in [-0.15, -0.1) is 0 Å². The maximum absolute atomic E-state index is 13.9. The number of carbonyl (C=O) groups is 4. The summed E-state index contributed by atoms with van der Waals surface area (Å²) in [6.07, 6.45) is 10.8. The average molecular weight is 670 g/mol. The minimum Gasteiger partial charge on any atom is -0.370 e. The minimum absolute atomic E-state index is 0.0881. The van der Waals surface area contributed by atoms with E-state index in [1.807, 2.05) is 30.5 Å². The fourth-order valence-corrected chi connectivity index (χ4v) is 5.34. The van der Waals surface area contributed by atoms with Gasteiger partial charge >= 0.3 is 0 Å². The van der Waals surface area contributed by atoms with E-state index in [0.29, 0.717) is 19.3 Å². The van der Waals surface area contributed by atoms with Gasteiger partial charge in [-0.3, -0.25) is 29.2 Å². The molecular formula is C33H55N11O4. The van der Waals surface area contributed by atoms with Gasteiger partial charge in [0.1, 0.15) is 18.1 Å². The molecule has 2 aromatic rings. The Balaban J connectivity index is 2.20. The number of rotatable bonds is 24. The van der Waals surface area contributed by atoms with Crippen LogP contribution < -0.4 is 44.6 Å². The number of para-hydroxylation sites is 1. The first-order chi connectivity index (χ1) is 23.0. The number of aromatic nitrogens is 1. The van der Waals surface area contributed by atoms with Crippen molar-refractivity contribution in [3.05, 3.63) is 36.0 Å². The molecular weight excluding hydrogens is 614 g/mol. The molecule has 0 spiro atoms. The molecule has 15 heteroatoms. The zero-order chi connectivity index (χ0) is 35.3. The molecule has 0 saturated heterocycles. The van der Waals surface area contributed by atoms with Crippen LogP contribution in [-0.4, -0.2) is 71.7 Å². The predicted molar refractivity (Wildman–Crippen MR) is 189 cm³/mol. The third-order valence-electron chi connectivity index (χ3n) is 7.94. The predicted octanol–water partition coefficient (Wildman–Crippen LogP) is 0.898. The highest BCUT2D eigenvalue weighted by Gasteiger charge is 2.29. The van der Waals surface area contributed by atoms with E-state index in [1.165, 1.54) is 19.3 Å². The first kappa shape index (κ1) is 39.4. The van der Waals surface area contributed by atoms with E-state index in [4.69, 9.17) is 28.7 Å². The zero-order valence-electron chi connectivity index (χ0n) is 28.1. The van der Waals surface area contributed by atoms with E-state index < -0.39 is 35.8 Å². The third-order valence-corrected chi connectivity index (χ3v) is 7.94. The summed E-state index contributed by atoms with van der Waals surface area (Å²) in [7, 11) is 0. The lowest BCUT2D eigenvalue weighted by atomic mass is 10.0. The Labute approximate surface area is 282 Å². The number of benzene rings is 1. The molecule has 15 nitrogen and oxygen atoms in total. The fraction of sp³-hybridized carbons (Fsp3) is 0.576. The summed E-state index contributed by atoms with van der Waals surface area (Å²) in [6, 6.07) is 4.61. The van der Waals surface area contributed by atoms with Gasteiger partial charge in [-0.2, -0.15) is 0 Å². The Hall–Kier alpha value is -4.82.